The van der Waals surface area contributed by atoms with E-state index in [4.69, 9.17) is 0 Å². The van der Waals surface area contributed by atoms with E-state index >= 15 is 0 Å². The maximum atomic E-state index is 4.61. The van der Waals surface area contributed by atoms with E-state index in [1.807, 2.05) is 0 Å². The molecule has 1 unspecified atom stereocenters. The molecule has 6 heavy (non-hydrogen) atoms. The lowest BCUT2D eigenvalue weighted by Crippen LogP contribution is -1.95. The second-order valence-electron chi connectivity index (χ2n) is 1.25. The first kappa shape index (κ1) is 3.65. The zero-order valence-electron chi connectivity index (χ0n) is 3.42. The zero-order chi connectivity index (χ0) is 4.41. The van der Waals surface area contributed by atoms with Crippen LogP contribution in [-0.4, -0.2) is 12.3 Å². The maximum absolute atomic E-state index is 4.61. The van der Waals surface area contributed by atoms with Crippen molar-refractivity contribution in [2.24, 2.45) is 5.16 Å². The van der Waals surface area contributed by atoms with Gasteiger partial charge in [-0.25, -0.2) is 0 Å². The first-order chi connectivity index (χ1) is 2.89. The monoisotopic (exact) mass is 84.0 g/mol. The molecule has 2 nitrogen and oxygen atoms in total. The Morgan fingerprint density at radius 3 is 3.00 bits per heavy atom. The molecule has 0 N–H and O–H groups in total. The van der Waals surface area contributed by atoms with E-state index in [2.05, 4.69) is 16.9 Å². The van der Waals surface area contributed by atoms with Crippen LogP contribution in [0, 0.1) is 6.92 Å². The summed E-state index contributed by atoms with van der Waals surface area (Å²) in [5.41, 5.74) is 0. The highest BCUT2D eigenvalue weighted by molar-refractivity contribution is 5.58. The molecule has 0 aliphatic carbocycles. The Morgan fingerprint density at radius 1 is 2.00 bits per heavy atom. The standard InChI is InChI=1S/C4H6NO/c1-4-2-3-5-6-4/h3-4H,1-2H2. The first-order valence-electron chi connectivity index (χ1n) is 1.90. The fourth-order valence-corrected chi connectivity index (χ4v) is 0.333. The Kier molecular flexibility index (Phi) is 0.783. The van der Waals surface area contributed by atoms with Crippen molar-refractivity contribution in [3.8, 4) is 0 Å². The van der Waals surface area contributed by atoms with E-state index in [1.165, 1.54) is 0 Å². The molecule has 0 spiro atoms. The molecule has 0 aromatic heterocycles. The average molecular weight is 84.1 g/mol. The highest BCUT2D eigenvalue weighted by Crippen LogP contribution is 2.00. The minimum absolute atomic E-state index is 0.0741. The fraction of sp³-hybridized carbons (Fsp3) is 0.500. The minimum atomic E-state index is 0.0741. The van der Waals surface area contributed by atoms with Crippen LogP contribution in [0.5, 0.6) is 0 Å². The summed E-state index contributed by atoms with van der Waals surface area (Å²) in [4.78, 5) is 4.61. The van der Waals surface area contributed by atoms with Crippen molar-refractivity contribution in [2.75, 3.05) is 0 Å². The number of hydrogen-bond donors (Lipinski definition) is 0. The molecule has 0 aromatic carbocycles. The van der Waals surface area contributed by atoms with E-state index in [-0.39, 0.29) is 6.10 Å². The van der Waals surface area contributed by atoms with Gasteiger partial charge in [-0.05, 0) is 6.92 Å². The van der Waals surface area contributed by atoms with Crippen LogP contribution in [0.15, 0.2) is 5.16 Å². The number of rotatable bonds is 0. The third kappa shape index (κ3) is 0.506. The predicted octanol–water partition coefficient (Wildman–Crippen LogP) is 0.595. The van der Waals surface area contributed by atoms with E-state index in [9.17, 15) is 0 Å². The van der Waals surface area contributed by atoms with Crippen LogP contribution < -0.4 is 0 Å². The van der Waals surface area contributed by atoms with Gasteiger partial charge in [0.1, 0.15) is 6.10 Å². The van der Waals surface area contributed by atoms with E-state index in [0.29, 0.717) is 0 Å². The quantitative estimate of drug-likeness (QED) is 0.421. The summed E-state index contributed by atoms with van der Waals surface area (Å²) in [5, 5.41) is 3.48. The van der Waals surface area contributed by atoms with Crippen LogP contribution in [0.25, 0.3) is 0 Å². The summed E-state index contributed by atoms with van der Waals surface area (Å²) in [6.07, 6.45) is 2.66. The number of hydrogen-bond acceptors (Lipinski definition) is 2. The zero-order valence-corrected chi connectivity index (χ0v) is 3.42. The van der Waals surface area contributed by atoms with Gasteiger partial charge in [0.05, 0.1) is 0 Å². The van der Waals surface area contributed by atoms with E-state index in [1.54, 1.807) is 6.21 Å². The molecule has 33 valence electrons. The smallest absolute Gasteiger partial charge is 0.132 e. The van der Waals surface area contributed by atoms with Crippen LogP contribution in [0.4, 0.5) is 0 Å². The van der Waals surface area contributed by atoms with Gasteiger partial charge < -0.3 is 4.84 Å². The Labute approximate surface area is 36.8 Å². The summed E-state index contributed by atoms with van der Waals surface area (Å²) >= 11 is 0. The van der Waals surface area contributed by atoms with Gasteiger partial charge in [0.25, 0.3) is 0 Å². The third-order valence-corrected chi connectivity index (χ3v) is 0.653. The number of oxime groups is 1. The second kappa shape index (κ2) is 1.29. The highest BCUT2D eigenvalue weighted by atomic mass is 16.6. The van der Waals surface area contributed by atoms with Gasteiger partial charge in [-0.1, -0.05) is 5.16 Å². The summed E-state index contributed by atoms with van der Waals surface area (Å²) in [6.45, 7) is 3.59. The predicted molar refractivity (Wildman–Crippen MR) is 23.3 cm³/mol. The summed E-state index contributed by atoms with van der Waals surface area (Å²) < 4.78 is 0. The van der Waals surface area contributed by atoms with Crippen molar-refractivity contribution >= 4 is 6.21 Å². The van der Waals surface area contributed by atoms with Gasteiger partial charge in [-0.15, -0.1) is 0 Å². The number of nitrogens with zero attached hydrogens (tertiary/aromatic N) is 1. The van der Waals surface area contributed by atoms with Gasteiger partial charge in [0.2, 0.25) is 0 Å². The van der Waals surface area contributed by atoms with Crippen molar-refractivity contribution in [2.45, 2.75) is 12.5 Å². The topological polar surface area (TPSA) is 21.6 Å². The Bertz CT molecular complexity index is 61.9. The molecule has 1 rings (SSSR count). The Hall–Kier alpha value is -0.530. The van der Waals surface area contributed by atoms with Gasteiger partial charge in [0, 0.05) is 12.6 Å². The molecule has 1 atom stereocenters. The van der Waals surface area contributed by atoms with Crippen LogP contribution in [0.2, 0.25) is 0 Å². The molecule has 1 aliphatic heterocycles. The van der Waals surface area contributed by atoms with Crippen LogP contribution in [-0.2, 0) is 4.84 Å². The van der Waals surface area contributed by atoms with Crippen molar-refractivity contribution in [3.63, 3.8) is 0 Å². The fourth-order valence-electron chi connectivity index (χ4n) is 0.333. The Morgan fingerprint density at radius 2 is 2.83 bits per heavy atom. The first-order valence-corrected chi connectivity index (χ1v) is 1.90. The van der Waals surface area contributed by atoms with Crippen molar-refractivity contribution in [1.82, 2.24) is 0 Å². The molecule has 0 saturated carbocycles. The van der Waals surface area contributed by atoms with Gasteiger partial charge in [-0.2, -0.15) is 0 Å². The molecule has 0 aromatic rings. The molecule has 2 heteroatoms. The Balaban J connectivity index is 2.32. The average Bonchev–Trinajstić information content (AvgIpc) is 1.86. The lowest BCUT2D eigenvalue weighted by atomic mass is 10.3. The van der Waals surface area contributed by atoms with Crippen LogP contribution in [0.1, 0.15) is 6.42 Å². The summed E-state index contributed by atoms with van der Waals surface area (Å²) in [6, 6.07) is 0. The highest BCUT2D eigenvalue weighted by Gasteiger charge is 2.02. The largest absolute Gasteiger partial charge is 0.392 e. The van der Waals surface area contributed by atoms with Gasteiger partial charge >= 0.3 is 0 Å². The van der Waals surface area contributed by atoms with Gasteiger partial charge in [0.15, 0.2) is 0 Å². The second-order valence-corrected chi connectivity index (χ2v) is 1.25. The minimum Gasteiger partial charge on any atom is -0.392 e. The molecule has 0 saturated heterocycles. The molecule has 1 heterocycles. The molecule has 1 radical (unpaired) electrons. The molecule has 0 fully saturated rings. The molecule has 1 aliphatic rings. The van der Waals surface area contributed by atoms with Crippen molar-refractivity contribution in [3.05, 3.63) is 6.92 Å². The summed E-state index contributed by atoms with van der Waals surface area (Å²) in [5.74, 6) is 0. The summed E-state index contributed by atoms with van der Waals surface area (Å²) in [7, 11) is 0. The molecular formula is C4H6NO. The van der Waals surface area contributed by atoms with Crippen LogP contribution >= 0.6 is 0 Å². The van der Waals surface area contributed by atoms with E-state index < -0.39 is 0 Å². The van der Waals surface area contributed by atoms with Crippen molar-refractivity contribution in [1.29, 1.82) is 0 Å². The maximum Gasteiger partial charge on any atom is 0.132 e. The molecular weight excluding hydrogens is 78.0 g/mol. The normalized spacial score (nSPS) is 30.5. The molecule has 0 amide bonds. The van der Waals surface area contributed by atoms with Crippen LogP contribution in [0.3, 0.4) is 0 Å². The van der Waals surface area contributed by atoms with Gasteiger partial charge in [-0.3, -0.25) is 0 Å². The third-order valence-electron chi connectivity index (χ3n) is 0.653. The SMILES string of the molecule is [CH2]C1CC=NO1. The lowest BCUT2D eigenvalue weighted by molar-refractivity contribution is 0.118. The van der Waals surface area contributed by atoms with E-state index in [0.717, 1.165) is 6.42 Å². The lowest BCUT2D eigenvalue weighted by Gasteiger charge is -1.93. The van der Waals surface area contributed by atoms with Crippen molar-refractivity contribution < 1.29 is 4.84 Å². The molecule has 0 bridgehead atoms.